The highest BCUT2D eigenvalue weighted by atomic mass is 14.9. The largest absolute Gasteiger partial charge is 0.306 e. The maximum Gasteiger partial charge on any atom is 0.0294 e. The van der Waals surface area contributed by atoms with Crippen LogP contribution in [0.3, 0.4) is 0 Å². The van der Waals surface area contributed by atoms with E-state index in [2.05, 4.69) is 50.0 Å². The average Bonchev–Trinajstić information content (AvgIpc) is 2.14. The van der Waals surface area contributed by atoms with Gasteiger partial charge in [-0.05, 0) is 26.3 Å². The summed E-state index contributed by atoms with van der Waals surface area (Å²) in [6, 6.07) is 8.99. The normalized spacial score (nSPS) is 12.5. The molecule has 1 aromatic rings. The molecule has 0 bridgehead atoms. The molecule has 76 valence electrons. The minimum absolute atomic E-state index is 0.395. The van der Waals surface area contributed by atoms with Gasteiger partial charge in [-0.2, -0.15) is 0 Å². The lowest BCUT2D eigenvalue weighted by Gasteiger charge is -2.14. The van der Waals surface area contributed by atoms with Crippen LogP contribution in [0.15, 0.2) is 36.4 Å². The molecular formula is C13H19N. The van der Waals surface area contributed by atoms with Gasteiger partial charge in [-0.25, -0.2) is 0 Å². The molecule has 0 radical (unpaired) electrons. The van der Waals surface area contributed by atoms with Gasteiger partial charge in [0, 0.05) is 12.6 Å². The molecule has 0 aromatic heterocycles. The summed E-state index contributed by atoms with van der Waals surface area (Å²) in [5.74, 6) is 0. The fourth-order valence-corrected chi connectivity index (χ4v) is 1.38. The maximum atomic E-state index is 3.88. The molecule has 14 heavy (non-hydrogen) atoms. The first kappa shape index (κ1) is 11.0. The van der Waals surface area contributed by atoms with E-state index >= 15 is 0 Å². The Morgan fingerprint density at radius 3 is 2.79 bits per heavy atom. The molecule has 1 unspecified atom stereocenters. The van der Waals surface area contributed by atoms with Gasteiger partial charge < -0.3 is 5.32 Å². The van der Waals surface area contributed by atoms with Crippen LogP contribution in [-0.4, -0.2) is 6.54 Å². The van der Waals surface area contributed by atoms with Crippen LogP contribution in [0, 0.1) is 6.92 Å². The second kappa shape index (κ2) is 4.97. The highest BCUT2D eigenvalue weighted by molar-refractivity contribution is 5.24. The van der Waals surface area contributed by atoms with E-state index in [1.165, 1.54) is 16.7 Å². The van der Waals surface area contributed by atoms with Crippen LogP contribution in [0.2, 0.25) is 0 Å². The molecule has 1 heteroatoms. The van der Waals surface area contributed by atoms with E-state index in [0.717, 1.165) is 6.54 Å². The molecule has 0 aliphatic heterocycles. The highest BCUT2D eigenvalue weighted by Crippen LogP contribution is 2.13. The van der Waals surface area contributed by atoms with Gasteiger partial charge in [0.1, 0.15) is 0 Å². The maximum absolute atomic E-state index is 3.88. The van der Waals surface area contributed by atoms with Gasteiger partial charge in [0.05, 0.1) is 0 Å². The van der Waals surface area contributed by atoms with Crippen LogP contribution in [0.5, 0.6) is 0 Å². The Hall–Kier alpha value is -1.08. The SMILES string of the molecule is C=C(C)CNC(C)c1cccc(C)c1. The Morgan fingerprint density at radius 1 is 1.50 bits per heavy atom. The molecule has 0 aliphatic rings. The smallest absolute Gasteiger partial charge is 0.0294 e. The summed E-state index contributed by atoms with van der Waals surface area (Å²) >= 11 is 0. The van der Waals surface area contributed by atoms with Crippen molar-refractivity contribution < 1.29 is 0 Å². The van der Waals surface area contributed by atoms with Crippen LogP contribution in [-0.2, 0) is 0 Å². The molecular weight excluding hydrogens is 170 g/mol. The number of aryl methyl sites for hydroxylation is 1. The molecule has 0 amide bonds. The highest BCUT2D eigenvalue weighted by Gasteiger charge is 2.03. The van der Waals surface area contributed by atoms with Crippen LogP contribution in [0.25, 0.3) is 0 Å². The first-order chi connectivity index (χ1) is 6.59. The molecule has 0 saturated heterocycles. The zero-order valence-electron chi connectivity index (χ0n) is 9.30. The third kappa shape index (κ3) is 3.35. The Balaban J connectivity index is 2.60. The van der Waals surface area contributed by atoms with E-state index in [1.54, 1.807) is 0 Å². The summed E-state index contributed by atoms with van der Waals surface area (Å²) in [6.45, 7) is 11.1. The summed E-state index contributed by atoms with van der Waals surface area (Å²) in [5.41, 5.74) is 3.82. The van der Waals surface area contributed by atoms with Crippen LogP contribution >= 0.6 is 0 Å². The van der Waals surface area contributed by atoms with Crippen molar-refractivity contribution in [3.8, 4) is 0 Å². The molecule has 0 saturated carbocycles. The van der Waals surface area contributed by atoms with Crippen LogP contribution in [0.4, 0.5) is 0 Å². The zero-order chi connectivity index (χ0) is 10.6. The Bertz CT molecular complexity index is 315. The molecule has 0 heterocycles. The predicted octanol–water partition coefficient (Wildman–Crippen LogP) is 3.22. The minimum atomic E-state index is 0.395. The second-order valence-electron chi connectivity index (χ2n) is 3.97. The number of benzene rings is 1. The van der Waals surface area contributed by atoms with Crippen molar-refractivity contribution in [3.63, 3.8) is 0 Å². The third-order valence-corrected chi connectivity index (χ3v) is 2.25. The molecule has 1 nitrogen and oxygen atoms in total. The van der Waals surface area contributed by atoms with E-state index in [0.29, 0.717) is 6.04 Å². The Kier molecular flexibility index (Phi) is 3.90. The van der Waals surface area contributed by atoms with Crippen molar-refractivity contribution in [1.82, 2.24) is 5.32 Å². The lowest BCUT2D eigenvalue weighted by atomic mass is 10.1. The number of hydrogen-bond donors (Lipinski definition) is 1. The van der Waals surface area contributed by atoms with Gasteiger partial charge in [-0.3, -0.25) is 0 Å². The Labute approximate surface area is 86.8 Å². The van der Waals surface area contributed by atoms with Gasteiger partial charge in [0.2, 0.25) is 0 Å². The van der Waals surface area contributed by atoms with Gasteiger partial charge >= 0.3 is 0 Å². The second-order valence-corrected chi connectivity index (χ2v) is 3.97. The predicted molar refractivity (Wildman–Crippen MR) is 62.4 cm³/mol. The lowest BCUT2D eigenvalue weighted by Crippen LogP contribution is -2.20. The van der Waals surface area contributed by atoms with E-state index in [4.69, 9.17) is 0 Å². The number of hydrogen-bond acceptors (Lipinski definition) is 1. The van der Waals surface area contributed by atoms with Crippen molar-refractivity contribution in [2.45, 2.75) is 26.8 Å². The fourth-order valence-electron chi connectivity index (χ4n) is 1.38. The van der Waals surface area contributed by atoms with E-state index in [9.17, 15) is 0 Å². The van der Waals surface area contributed by atoms with Gasteiger partial charge in [0.15, 0.2) is 0 Å². The minimum Gasteiger partial charge on any atom is -0.306 e. The summed E-state index contributed by atoms with van der Waals surface area (Å²) < 4.78 is 0. The Morgan fingerprint density at radius 2 is 2.21 bits per heavy atom. The molecule has 0 spiro atoms. The van der Waals surface area contributed by atoms with Crippen molar-refractivity contribution >= 4 is 0 Å². The molecule has 0 aliphatic carbocycles. The molecule has 1 atom stereocenters. The first-order valence-corrected chi connectivity index (χ1v) is 5.04. The van der Waals surface area contributed by atoms with Crippen LogP contribution in [0.1, 0.15) is 31.0 Å². The molecule has 1 aromatic carbocycles. The lowest BCUT2D eigenvalue weighted by molar-refractivity contribution is 0.607. The summed E-state index contributed by atoms with van der Waals surface area (Å²) in [5, 5.41) is 3.43. The van der Waals surface area contributed by atoms with Crippen LogP contribution < -0.4 is 5.32 Å². The van der Waals surface area contributed by atoms with Crippen molar-refractivity contribution in [2.75, 3.05) is 6.54 Å². The quantitative estimate of drug-likeness (QED) is 0.717. The van der Waals surface area contributed by atoms with E-state index in [-0.39, 0.29) is 0 Å². The summed E-state index contributed by atoms with van der Waals surface area (Å²) in [6.07, 6.45) is 0. The number of nitrogens with one attached hydrogen (secondary N) is 1. The van der Waals surface area contributed by atoms with Gasteiger partial charge in [-0.15, -0.1) is 0 Å². The standard InChI is InChI=1S/C13H19N/c1-10(2)9-14-12(4)13-7-5-6-11(3)8-13/h5-8,12,14H,1,9H2,2-4H3. The van der Waals surface area contributed by atoms with Crippen molar-refractivity contribution in [3.05, 3.63) is 47.5 Å². The van der Waals surface area contributed by atoms with E-state index < -0.39 is 0 Å². The fraction of sp³-hybridized carbons (Fsp3) is 0.385. The van der Waals surface area contributed by atoms with Crippen molar-refractivity contribution in [2.24, 2.45) is 0 Å². The molecule has 1 rings (SSSR count). The third-order valence-electron chi connectivity index (χ3n) is 2.25. The molecule has 0 fully saturated rings. The first-order valence-electron chi connectivity index (χ1n) is 5.04. The average molecular weight is 189 g/mol. The van der Waals surface area contributed by atoms with Gasteiger partial charge in [0.25, 0.3) is 0 Å². The summed E-state index contributed by atoms with van der Waals surface area (Å²) in [4.78, 5) is 0. The topological polar surface area (TPSA) is 12.0 Å². The van der Waals surface area contributed by atoms with Crippen molar-refractivity contribution in [1.29, 1.82) is 0 Å². The monoisotopic (exact) mass is 189 g/mol. The summed E-state index contributed by atoms with van der Waals surface area (Å²) in [7, 11) is 0. The number of rotatable bonds is 4. The van der Waals surface area contributed by atoms with E-state index in [1.807, 2.05) is 6.92 Å². The molecule has 1 N–H and O–H groups in total. The zero-order valence-corrected chi connectivity index (χ0v) is 9.30. The van der Waals surface area contributed by atoms with Gasteiger partial charge in [-0.1, -0.05) is 42.0 Å².